The molecule has 146 valence electrons. The average molecular weight is 376 g/mol. The van der Waals surface area contributed by atoms with Crippen molar-refractivity contribution in [2.45, 2.75) is 44.2 Å². The Labute approximate surface area is 157 Å². The third-order valence-corrected chi connectivity index (χ3v) is 5.29. The van der Waals surface area contributed by atoms with Gasteiger partial charge in [0.1, 0.15) is 18.3 Å². The van der Waals surface area contributed by atoms with Gasteiger partial charge in [-0.15, -0.1) is 0 Å². The van der Waals surface area contributed by atoms with E-state index in [4.69, 9.17) is 14.2 Å². The first-order valence-corrected chi connectivity index (χ1v) is 8.87. The average Bonchev–Trinajstić information content (AvgIpc) is 3.18. The van der Waals surface area contributed by atoms with Gasteiger partial charge in [-0.1, -0.05) is 24.8 Å². The lowest BCUT2D eigenvalue weighted by Gasteiger charge is -2.28. The third-order valence-electron chi connectivity index (χ3n) is 5.29. The molecule has 2 saturated heterocycles. The zero-order valence-corrected chi connectivity index (χ0v) is 15.4. The molecule has 0 saturated carbocycles. The topological polar surface area (TPSA) is 106 Å². The fraction of sp³-hybridized carbons (Fsp3) is 0.500. The predicted octanol–water partition coefficient (Wildman–Crippen LogP) is 0.971. The molecule has 27 heavy (non-hydrogen) atoms. The van der Waals surface area contributed by atoms with Crippen molar-refractivity contribution in [2.75, 3.05) is 13.2 Å². The lowest BCUT2D eigenvalue weighted by molar-refractivity contribution is -0.148. The van der Waals surface area contributed by atoms with Crippen molar-refractivity contribution in [2.24, 2.45) is 5.92 Å². The van der Waals surface area contributed by atoms with Crippen LogP contribution in [0.4, 0.5) is 0 Å². The largest absolute Gasteiger partial charge is 0.458 e. The molecule has 7 nitrogen and oxygen atoms in total. The van der Waals surface area contributed by atoms with E-state index in [1.54, 1.807) is 19.1 Å². The van der Waals surface area contributed by atoms with Crippen molar-refractivity contribution in [1.29, 1.82) is 0 Å². The van der Waals surface area contributed by atoms with Gasteiger partial charge in [0.05, 0.1) is 30.3 Å². The summed E-state index contributed by atoms with van der Waals surface area (Å²) < 4.78 is 16.8. The van der Waals surface area contributed by atoms with Gasteiger partial charge >= 0.3 is 11.9 Å². The Hall–Kier alpha value is -2.22. The summed E-state index contributed by atoms with van der Waals surface area (Å²) >= 11 is 0. The highest BCUT2D eigenvalue weighted by Crippen LogP contribution is 2.46. The molecule has 2 heterocycles. The molecule has 7 heteroatoms. The smallest absolute Gasteiger partial charge is 0.336 e. The van der Waals surface area contributed by atoms with Crippen molar-refractivity contribution in [3.05, 3.63) is 47.6 Å². The maximum atomic E-state index is 12.4. The fourth-order valence-corrected chi connectivity index (χ4v) is 3.55. The van der Waals surface area contributed by atoms with Gasteiger partial charge in [-0.25, -0.2) is 9.59 Å². The van der Waals surface area contributed by atoms with Crippen LogP contribution in [0, 0.1) is 5.92 Å². The van der Waals surface area contributed by atoms with E-state index >= 15 is 0 Å². The summed E-state index contributed by atoms with van der Waals surface area (Å²) in [7, 11) is 0. The number of ether oxygens (including phenoxy) is 3. The first kappa shape index (κ1) is 19.5. The minimum absolute atomic E-state index is 0.129. The summed E-state index contributed by atoms with van der Waals surface area (Å²) in [5.74, 6) is -1.82. The summed E-state index contributed by atoms with van der Waals surface area (Å²) in [6.07, 6.45) is 5.42. The summed E-state index contributed by atoms with van der Waals surface area (Å²) in [5, 5.41) is 18.9. The fourth-order valence-electron chi connectivity index (χ4n) is 3.55. The number of hydrogen-bond donors (Lipinski definition) is 2. The van der Waals surface area contributed by atoms with Crippen molar-refractivity contribution in [3.63, 3.8) is 0 Å². The molecule has 0 unspecified atom stereocenters. The number of aliphatic hydroxyl groups excluding tert-OH is 2. The Morgan fingerprint density at radius 2 is 2.22 bits per heavy atom. The van der Waals surface area contributed by atoms with Gasteiger partial charge in [0, 0.05) is 12.0 Å². The van der Waals surface area contributed by atoms with E-state index in [1.165, 1.54) is 6.08 Å². The number of epoxide rings is 1. The molecule has 1 aliphatic carbocycles. The monoisotopic (exact) mass is 376 g/mol. The highest BCUT2D eigenvalue weighted by Gasteiger charge is 2.56. The van der Waals surface area contributed by atoms with Crippen molar-refractivity contribution in [1.82, 2.24) is 0 Å². The van der Waals surface area contributed by atoms with Gasteiger partial charge in [0.25, 0.3) is 0 Å². The van der Waals surface area contributed by atoms with E-state index in [1.807, 2.05) is 13.0 Å². The molecule has 2 aliphatic heterocycles. The molecular weight excluding hydrogens is 352 g/mol. The summed E-state index contributed by atoms with van der Waals surface area (Å²) in [4.78, 5) is 24.6. The van der Waals surface area contributed by atoms with Crippen LogP contribution >= 0.6 is 0 Å². The van der Waals surface area contributed by atoms with Crippen molar-refractivity contribution >= 4 is 11.9 Å². The van der Waals surface area contributed by atoms with Crippen LogP contribution in [0.3, 0.4) is 0 Å². The van der Waals surface area contributed by atoms with Crippen LogP contribution in [0.5, 0.6) is 0 Å². The highest BCUT2D eigenvalue weighted by atomic mass is 16.6. The summed E-state index contributed by atoms with van der Waals surface area (Å²) in [5.41, 5.74) is 0.347. The number of carbonyl (C=O) groups is 2. The van der Waals surface area contributed by atoms with E-state index in [2.05, 4.69) is 6.58 Å². The maximum Gasteiger partial charge on any atom is 0.336 e. The second kappa shape index (κ2) is 7.42. The van der Waals surface area contributed by atoms with E-state index in [0.717, 1.165) is 0 Å². The van der Waals surface area contributed by atoms with Gasteiger partial charge in [-0.05, 0) is 25.5 Å². The number of carbonyl (C=O) groups excluding carboxylic acids is 2. The lowest BCUT2D eigenvalue weighted by Crippen LogP contribution is -2.37. The molecule has 2 fully saturated rings. The molecule has 0 aromatic heterocycles. The second-order valence-corrected chi connectivity index (χ2v) is 7.15. The molecule has 0 radical (unpaired) electrons. The molecule has 0 bridgehead atoms. The number of hydrogen-bond acceptors (Lipinski definition) is 7. The van der Waals surface area contributed by atoms with Crippen molar-refractivity contribution in [3.8, 4) is 0 Å². The SMILES string of the molecule is C=C1C(=O)O[C@H]2/C=C(CO)\C=C/[C@H]3O[C@@]3(C)C[C@H](OC(=O)/C(=C\C)CO)[C@@H]12. The summed E-state index contributed by atoms with van der Waals surface area (Å²) in [6, 6.07) is 0. The van der Waals surface area contributed by atoms with Gasteiger partial charge in [-0.3, -0.25) is 0 Å². The van der Waals surface area contributed by atoms with E-state index < -0.39 is 42.3 Å². The molecule has 0 aromatic rings. The van der Waals surface area contributed by atoms with Crippen LogP contribution in [0.15, 0.2) is 47.6 Å². The quantitative estimate of drug-likeness (QED) is 0.428. The molecule has 0 amide bonds. The molecule has 5 atom stereocenters. The van der Waals surface area contributed by atoms with Crippen LogP contribution in [-0.4, -0.2) is 59.3 Å². The summed E-state index contributed by atoms with van der Waals surface area (Å²) in [6.45, 7) is 6.67. The first-order valence-electron chi connectivity index (χ1n) is 8.87. The Balaban J connectivity index is 1.97. The second-order valence-electron chi connectivity index (χ2n) is 7.15. The van der Waals surface area contributed by atoms with Crippen LogP contribution in [0.2, 0.25) is 0 Å². The molecule has 0 aromatic carbocycles. The normalized spacial score (nSPS) is 38.8. The molecule has 0 spiro atoms. The number of rotatable bonds is 4. The zero-order chi connectivity index (χ0) is 19.8. The standard InChI is InChI=1S/C20H24O7/c1-4-13(10-22)19(24)26-15-8-20(3)16(27-20)6-5-12(9-21)7-14-17(15)11(2)18(23)25-14/h4-7,14-17,21-22H,2,8-10H2,1,3H3/b6-5-,12-7+,13-4-/t14-,15-,16+,17-,20-/m0/s1. The van der Waals surface area contributed by atoms with Crippen LogP contribution in [0.25, 0.3) is 0 Å². The van der Waals surface area contributed by atoms with Gasteiger partial charge < -0.3 is 24.4 Å². The molecule has 3 rings (SSSR count). The number of allylic oxidation sites excluding steroid dienone is 1. The zero-order valence-electron chi connectivity index (χ0n) is 15.4. The van der Waals surface area contributed by atoms with Crippen molar-refractivity contribution < 1.29 is 34.0 Å². The van der Waals surface area contributed by atoms with Gasteiger partial charge in [0.15, 0.2) is 0 Å². The number of esters is 2. The first-order chi connectivity index (χ1) is 12.8. The minimum Gasteiger partial charge on any atom is -0.458 e. The Bertz CT molecular complexity index is 747. The maximum absolute atomic E-state index is 12.4. The minimum atomic E-state index is -0.736. The van der Waals surface area contributed by atoms with Crippen LogP contribution < -0.4 is 0 Å². The Morgan fingerprint density at radius 1 is 1.48 bits per heavy atom. The lowest BCUT2D eigenvalue weighted by atomic mass is 9.83. The predicted molar refractivity (Wildman–Crippen MR) is 95.4 cm³/mol. The molecule has 3 aliphatic rings. The number of fused-ring (bicyclic) bond motifs is 2. The third kappa shape index (κ3) is 3.76. The van der Waals surface area contributed by atoms with Crippen LogP contribution in [-0.2, 0) is 23.8 Å². The molecular formula is C20H24O7. The van der Waals surface area contributed by atoms with E-state index in [9.17, 15) is 19.8 Å². The van der Waals surface area contributed by atoms with Crippen LogP contribution in [0.1, 0.15) is 20.3 Å². The van der Waals surface area contributed by atoms with E-state index in [0.29, 0.717) is 12.0 Å². The van der Waals surface area contributed by atoms with Gasteiger partial charge in [-0.2, -0.15) is 0 Å². The van der Waals surface area contributed by atoms with E-state index in [-0.39, 0.29) is 23.9 Å². The highest BCUT2D eigenvalue weighted by molar-refractivity contribution is 5.92. The Morgan fingerprint density at radius 3 is 2.85 bits per heavy atom. The van der Waals surface area contributed by atoms with Gasteiger partial charge in [0.2, 0.25) is 0 Å². The number of aliphatic hydroxyl groups is 2. The Kier molecular flexibility index (Phi) is 5.37. The molecule has 2 N–H and O–H groups in total.